The number of hydrogen-bond acceptors (Lipinski definition) is 3. The number of rotatable bonds is 5. The first kappa shape index (κ1) is 17.2. The molecule has 6 heteroatoms. The van der Waals surface area contributed by atoms with E-state index in [9.17, 15) is 9.59 Å². The summed E-state index contributed by atoms with van der Waals surface area (Å²) in [5.41, 5.74) is 4.07. The Hall–Kier alpha value is -2.63. The molecular formula is C19H24N4O2. The highest BCUT2D eigenvalue weighted by atomic mass is 16.2. The molecule has 0 saturated carbocycles. The quantitative estimate of drug-likeness (QED) is 0.878. The monoisotopic (exact) mass is 340 g/mol. The molecular weight excluding hydrogens is 316 g/mol. The first-order valence-electron chi connectivity index (χ1n) is 8.62. The van der Waals surface area contributed by atoms with E-state index in [0.717, 1.165) is 22.5 Å². The zero-order chi connectivity index (χ0) is 18.0. The van der Waals surface area contributed by atoms with Gasteiger partial charge in [0.05, 0.1) is 12.2 Å². The Labute approximate surface area is 147 Å². The number of para-hydroxylation sites is 1. The molecule has 2 amide bonds. The smallest absolute Gasteiger partial charge is 0.227 e. The molecule has 2 atom stereocenters. The highest BCUT2D eigenvalue weighted by molar-refractivity contribution is 5.96. The minimum atomic E-state index is -0.156. The predicted octanol–water partition coefficient (Wildman–Crippen LogP) is 2.50. The average molecular weight is 340 g/mol. The fourth-order valence-electron chi connectivity index (χ4n) is 3.28. The van der Waals surface area contributed by atoms with Crippen molar-refractivity contribution in [1.82, 2.24) is 15.1 Å². The zero-order valence-corrected chi connectivity index (χ0v) is 14.9. The molecule has 0 aliphatic carbocycles. The van der Waals surface area contributed by atoms with Crippen molar-refractivity contribution in [1.29, 1.82) is 0 Å². The molecule has 0 saturated heterocycles. The molecule has 2 heterocycles. The van der Waals surface area contributed by atoms with Crippen molar-refractivity contribution in [3.8, 4) is 0 Å². The van der Waals surface area contributed by atoms with Crippen molar-refractivity contribution in [2.24, 2.45) is 13.0 Å². The van der Waals surface area contributed by atoms with Gasteiger partial charge in [-0.15, -0.1) is 0 Å². The number of aryl methyl sites for hydroxylation is 1. The molecule has 0 radical (unpaired) electrons. The molecule has 3 rings (SSSR count). The van der Waals surface area contributed by atoms with Crippen LogP contribution in [0.25, 0.3) is 0 Å². The molecule has 0 bridgehead atoms. The van der Waals surface area contributed by atoms with Crippen LogP contribution in [0.2, 0.25) is 0 Å². The number of anilines is 1. The predicted molar refractivity (Wildman–Crippen MR) is 96.0 cm³/mol. The van der Waals surface area contributed by atoms with Gasteiger partial charge in [-0.05, 0) is 38.3 Å². The largest absolute Gasteiger partial charge is 0.349 e. The van der Waals surface area contributed by atoms with Gasteiger partial charge in [-0.3, -0.25) is 14.3 Å². The third-order valence-electron chi connectivity index (χ3n) is 4.95. The molecule has 132 valence electrons. The van der Waals surface area contributed by atoms with Gasteiger partial charge in [0, 0.05) is 36.3 Å². The third-order valence-corrected chi connectivity index (χ3v) is 4.95. The lowest BCUT2D eigenvalue weighted by Crippen LogP contribution is -2.32. The highest BCUT2D eigenvalue weighted by Crippen LogP contribution is 2.27. The lowest BCUT2D eigenvalue weighted by atomic mass is 9.89. The van der Waals surface area contributed by atoms with Crippen LogP contribution >= 0.6 is 0 Å². The van der Waals surface area contributed by atoms with Gasteiger partial charge in [-0.1, -0.05) is 18.2 Å². The Morgan fingerprint density at radius 1 is 1.44 bits per heavy atom. The van der Waals surface area contributed by atoms with Crippen LogP contribution in [0.3, 0.4) is 0 Å². The Kier molecular flexibility index (Phi) is 4.88. The second kappa shape index (κ2) is 7.09. The van der Waals surface area contributed by atoms with Gasteiger partial charge in [0.15, 0.2) is 0 Å². The lowest BCUT2D eigenvalue weighted by molar-refractivity contribution is -0.123. The van der Waals surface area contributed by atoms with E-state index in [0.29, 0.717) is 19.3 Å². The van der Waals surface area contributed by atoms with E-state index in [4.69, 9.17) is 0 Å². The summed E-state index contributed by atoms with van der Waals surface area (Å²) >= 11 is 0. The van der Waals surface area contributed by atoms with E-state index in [1.54, 1.807) is 10.9 Å². The van der Waals surface area contributed by atoms with E-state index in [2.05, 4.69) is 15.7 Å². The van der Waals surface area contributed by atoms with Gasteiger partial charge in [0.1, 0.15) is 0 Å². The van der Waals surface area contributed by atoms with Crippen molar-refractivity contribution in [2.45, 2.75) is 39.2 Å². The van der Waals surface area contributed by atoms with E-state index < -0.39 is 0 Å². The molecule has 1 aromatic carbocycles. The molecule has 1 aromatic heterocycles. The first-order valence-corrected chi connectivity index (χ1v) is 8.62. The molecule has 1 aliphatic rings. The summed E-state index contributed by atoms with van der Waals surface area (Å²) in [4.78, 5) is 24.5. The van der Waals surface area contributed by atoms with Gasteiger partial charge >= 0.3 is 0 Å². The summed E-state index contributed by atoms with van der Waals surface area (Å²) < 4.78 is 1.79. The maximum atomic E-state index is 12.3. The number of nitrogens with one attached hydrogen (secondary N) is 2. The SMILES string of the molecule is Cc1c([C@H](C)NC(=O)CC[C@@H]2Cc3ccccc3NC2=O)cnn1C. The zero-order valence-electron chi connectivity index (χ0n) is 14.9. The van der Waals surface area contributed by atoms with Gasteiger partial charge in [-0.25, -0.2) is 0 Å². The molecule has 0 spiro atoms. The average Bonchev–Trinajstić information content (AvgIpc) is 2.92. The van der Waals surface area contributed by atoms with Gasteiger partial charge in [0.2, 0.25) is 11.8 Å². The molecule has 0 unspecified atom stereocenters. The van der Waals surface area contributed by atoms with Crippen LogP contribution < -0.4 is 10.6 Å². The summed E-state index contributed by atoms with van der Waals surface area (Å²) in [5, 5.41) is 10.1. The fraction of sp³-hybridized carbons (Fsp3) is 0.421. The summed E-state index contributed by atoms with van der Waals surface area (Å²) in [6.45, 7) is 3.93. The number of aromatic nitrogens is 2. The second-order valence-electron chi connectivity index (χ2n) is 6.68. The number of amides is 2. The van der Waals surface area contributed by atoms with Crippen LogP contribution in [0.4, 0.5) is 5.69 Å². The Morgan fingerprint density at radius 2 is 2.20 bits per heavy atom. The molecule has 6 nitrogen and oxygen atoms in total. The molecule has 25 heavy (non-hydrogen) atoms. The molecule has 2 N–H and O–H groups in total. The Bertz CT molecular complexity index is 796. The standard InChI is InChI=1S/C19H24N4O2/c1-12(16-11-20-23(3)13(16)2)21-18(24)9-8-15-10-14-6-4-5-7-17(14)22-19(15)25/h4-7,11-12,15H,8-10H2,1-3H3,(H,21,24)(H,22,25)/t12-,15+/m0/s1. The number of carbonyl (C=O) groups excluding carboxylic acids is 2. The Balaban J connectivity index is 1.54. The summed E-state index contributed by atoms with van der Waals surface area (Å²) in [6.07, 6.45) is 3.35. The lowest BCUT2D eigenvalue weighted by Gasteiger charge is -2.24. The van der Waals surface area contributed by atoms with E-state index in [1.165, 1.54) is 0 Å². The summed E-state index contributed by atoms with van der Waals surface area (Å²) in [7, 11) is 1.88. The van der Waals surface area contributed by atoms with E-state index >= 15 is 0 Å². The summed E-state index contributed by atoms with van der Waals surface area (Å²) in [5.74, 6) is -0.193. The number of benzene rings is 1. The molecule has 0 fully saturated rings. The first-order chi connectivity index (χ1) is 12.0. The highest BCUT2D eigenvalue weighted by Gasteiger charge is 2.26. The Morgan fingerprint density at radius 3 is 2.92 bits per heavy atom. The van der Waals surface area contributed by atoms with Crippen molar-refractivity contribution in [3.05, 3.63) is 47.3 Å². The number of hydrogen-bond donors (Lipinski definition) is 2. The van der Waals surface area contributed by atoms with Crippen LogP contribution in [-0.2, 0) is 23.1 Å². The van der Waals surface area contributed by atoms with Gasteiger partial charge in [-0.2, -0.15) is 5.10 Å². The van der Waals surface area contributed by atoms with E-state index in [1.807, 2.05) is 45.2 Å². The minimum Gasteiger partial charge on any atom is -0.349 e. The van der Waals surface area contributed by atoms with Crippen LogP contribution in [0.15, 0.2) is 30.5 Å². The van der Waals surface area contributed by atoms with Crippen molar-refractivity contribution in [2.75, 3.05) is 5.32 Å². The minimum absolute atomic E-state index is 0.00246. The van der Waals surface area contributed by atoms with Crippen LogP contribution in [0, 0.1) is 12.8 Å². The van der Waals surface area contributed by atoms with Crippen LogP contribution in [-0.4, -0.2) is 21.6 Å². The van der Waals surface area contributed by atoms with Crippen molar-refractivity contribution in [3.63, 3.8) is 0 Å². The van der Waals surface area contributed by atoms with Crippen LogP contribution in [0.5, 0.6) is 0 Å². The summed E-state index contributed by atoms with van der Waals surface area (Å²) in [6, 6.07) is 7.72. The molecule has 1 aliphatic heterocycles. The number of fused-ring (bicyclic) bond motifs is 1. The maximum Gasteiger partial charge on any atom is 0.227 e. The normalized spacial score (nSPS) is 17.6. The number of carbonyl (C=O) groups is 2. The topological polar surface area (TPSA) is 76.0 Å². The fourth-order valence-corrected chi connectivity index (χ4v) is 3.28. The van der Waals surface area contributed by atoms with Crippen molar-refractivity contribution < 1.29 is 9.59 Å². The van der Waals surface area contributed by atoms with E-state index in [-0.39, 0.29) is 23.8 Å². The number of nitrogens with zero attached hydrogens (tertiary/aromatic N) is 2. The van der Waals surface area contributed by atoms with Crippen LogP contribution in [0.1, 0.15) is 42.6 Å². The van der Waals surface area contributed by atoms with Gasteiger partial charge < -0.3 is 10.6 Å². The van der Waals surface area contributed by atoms with Gasteiger partial charge in [0.25, 0.3) is 0 Å². The third kappa shape index (κ3) is 3.73. The second-order valence-corrected chi connectivity index (χ2v) is 6.68. The maximum absolute atomic E-state index is 12.3. The molecule has 2 aromatic rings. The van der Waals surface area contributed by atoms with Crippen molar-refractivity contribution >= 4 is 17.5 Å².